The smallest absolute Gasteiger partial charge is 0.316 e. The lowest BCUT2D eigenvalue weighted by molar-refractivity contribution is -0.137. The molecule has 0 spiro atoms. The van der Waals surface area contributed by atoms with Gasteiger partial charge in [0.25, 0.3) is 0 Å². The van der Waals surface area contributed by atoms with Crippen molar-refractivity contribution in [2.75, 3.05) is 13.2 Å². The highest BCUT2D eigenvalue weighted by Crippen LogP contribution is 2.09. The molecule has 1 aromatic rings. The second-order valence-corrected chi connectivity index (χ2v) is 6.03. The first kappa shape index (κ1) is 19.7. The molecule has 1 aromatic heterocycles. The number of aromatic nitrogens is 2. The van der Waals surface area contributed by atoms with Gasteiger partial charge in [-0.1, -0.05) is 0 Å². The van der Waals surface area contributed by atoms with Crippen molar-refractivity contribution in [3.63, 3.8) is 0 Å². The highest BCUT2D eigenvalue weighted by atomic mass is 16.5. The van der Waals surface area contributed by atoms with Gasteiger partial charge in [0.1, 0.15) is 0 Å². The fourth-order valence-electron chi connectivity index (χ4n) is 1.80. The Morgan fingerprint density at radius 3 is 2.46 bits per heavy atom. The molecule has 0 aliphatic heterocycles. The Hall–Kier alpha value is -2.35. The van der Waals surface area contributed by atoms with Crippen LogP contribution in [0.25, 0.3) is 0 Å². The Morgan fingerprint density at radius 2 is 1.92 bits per heavy atom. The van der Waals surface area contributed by atoms with Crippen LogP contribution in [0.2, 0.25) is 0 Å². The molecule has 2 N–H and O–H groups in total. The molecule has 0 atom stereocenters. The number of aliphatic carboxylic acids is 1. The maximum Gasteiger partial charge on any atom is 0.316 e. The number of carboxylic acid groups (broad SMARTS) is 1. The molecule has 0 saturated carbocycles. The van der Waals surface area contributed by atoms with Crippen molar-refractivity contribution in [3.05, 3.63) is 18.0 Å². The first-order chi connectivity index (χ1) is 11.2. The predicted molar refractivity (Wildman–Crippen MR) is 87.4 cm³/mol. The fraction of sp³-hybridized carbons (Fsp3) is 0.562. The predicted octanol–water partition coefficient (Wildman–Crippen LogP) is 1.26. The van der Waals surface area contributed by atoms with Crippen molar-refractivity contribution in [2.45, 2.75) is 45.6 Å². The second-order valence-electron chi connectivity index (χ2n) is 6.03. The van der Waals surface area contributed by atoms with E-state index in [1.54, 1.807) is 20.8 Å². The quantitative estimate of drug-likeness (QED) is 0.487. The Bertz CT molecular complexity index is 591. The van der Waals surface area contributed by atoms with Crippen molar-refractivity contribution < 1.29 is 24.5 Å². The number of carbonyl (C=O) groups is 2. The van der Waals surface area contributed by atoms with Crippen LogP contribution in [0.3, 0.4) is 0 Å². The number of ether oxygens (including phenoxy) is 1. The molecule has 0 radical (unpaired) electrons. The number of hydrogen-bond acceptors (Lipinski definition) is 7. The van der Waals surface area contributed by atoms with Crippen molar-refractivity contribution in [3.8, 4) is 6.01 Å². The molecule has 1 heterocycles. The summed E-state index contributed by atoms with van der Waals surface area (Å²) in [5, 5.41) is 18.1. The number of aliphatic hydroxyl groups is 1. The molecular weight excluding hydrogens is 314 g/mol. The largest absolute Gasteiger partial charge is 0.481 e. The second kappa shape index (κ2) is 9.07. The molecule has 8 nitrogen and oxygen atoms in total. The summed E-state index contributed by atoms with van der Waals surface area (Å²) < 4.78 is 5.24. The molecule has 0 aliphatic rings. The van der Waals surface area contributed by atoms with Crippen molar-refractivity contribution in [1.29, 1.82) is 0 Å². The number of carboxylic acids is 1. The van der Waals surface area contributed by atoms with E-state index >= 15 is 0 Å². The Kier molecular flexibility index (Phi) is 7.44. The normalized spacial score (nSPS) is 12.1. The summed E-state index contributed by atoms with van der Waals surface area (Å²) in [7, 11) is 0. The van der Waals surface area contributed by atoms with Gasteiger partial charge in [-0.2, -0.15) is 0 Å². The standard InChI is InChI=1S/C16H23N3O5/c1-11(17-10-13(20)7-16(2,3)23)12-8-18-15(19-9-12)24-6-4-5-14(21)22/h8-9,23H,4-7,10H2,1-3H3,(H,21,22). The molecule has 24 heavy (non-hydrogen) atoms. The van der Waals surface area contributed by atoms with Gasteiger partial charge in [-0.05, 0) is 27.2 Å². The molecule has 0 aliphatic carbocycles. The van der Waals surface area contributed by atoms with E-state index in [4.69, 9.17) is 9.84 Å². The zero-order valence-corrected chi connectivity index (χ0v) is 14.2. The number of ketones is 1. The fourth-order valence-corrected chi connectivity index (χ4v) is 1.80. The summed E-state index contributed by atoms with van der Waals surface area (Å²) in [6.07, 6.45) is 3.51. The van der Waals surface area contributed by atoms with E-state index in [0.717, 1.165) is 0 Å². The van der Waals surface area contributed by atoms with Crippen LogP contribution in [0.5, 0.6) is 6.01 Å². The summed E-state index contributed by atoms with van der Waals surface area (Å²) >= 11 is 0. The van der Waals surface area contributed by atoms with E-state index in [0.29, 0.717) is 17.7 Å². The molecule has 132 valence electrons. The number of nitrogens with zero attached hydrogens (tertiary/aromatic N) is 3. The van der Waals surface area contributed by atoms with E-state index in [9.17, 15) is 14.7 Å². The zero-order chi connectivity index (χ0) is 18.2. The van der Waals surface area contributed by atoms with E-state index < -0.39 is 11.6 Å². The van der Waals surface area contributed by atoms with E-state index in [1.807, 2.05) is 0 Å². The first-order valence-electron chi connectivity index (χ1n) is 7.59. The first-order valence-corrected chi connectivity index (χ1v) is 7.59. The van der Waals surface area contributed by atoms with Crippen LogP contribution in [0.4, 0.5) is 0 Å². The monoisotopic (exact) mass is 337 g/mol. The molecule has 8 heteroatoms. The summed E-state index contributed by atoms with van der Waals surface area (Å²) in [5.74, 6) is -1.03. The van der Waals surface area contributed by atoms with Gasteiger partial charge in [0, 0.05) is 36.5 Å². The third-order valence-corrected chi connectivity index (χ3v) is 2.93. The Balaban J connectivity index is 2.50. The summed E-state index contributed by atoms with van der Waals surface area (Å²) in [6, 6.07) is 0.162. The van der Waals surface area contributed by atoms with Gasteiger partial charge in [-0.15, -0.1) is 0 Å². The zero-order valence-electron chi connectivity index (χ0n) is 14.2. The van der Waals surface area contributed by atoms with Crippen LogP contribution in [0.1, 0.15) is 45.6 Å². The minimum absolute atomic E-state index is 0.0107. The summed E-state index contributed by atoms with van der Waals surface area (Å²) in [5.41, 5.74) is 0.226. The maximum absolute atomic E-state index is 11.7. The summed E-state index contributed by atoms with van der Waals surface area (Å²) in [6.45, 7) is 5.10. The number of rotatable bonds is 10. The van der Waals surface area contributed by atoms with Gasteiger partial charge in [0.2, 0.25) is 0 Å². The molecule has 0 amide bonds. The highest BCUT2D eigenvalue weighted by Gasteiger charge is 2.17. The molecule has 1 rings (SSSR count). The van der Waals surface area contributed by atoms with Crippen LogP contribution in [0, 0.1) is 0 Å². The van der Waals surface area contributed by atoms with Gasteiger partial charge in [-0.3, -0.25) is 14.6 Å². The lowest BCUT2D eigenvalue weighted by Gasteiger charge is -2.14. The molecule has 0 bridgehead atoms. The molecule has 0 aromatic carbocycles. The lowest BCUT2D eigenvalue weighted by Crippen LogP contribution is -2.24. The molecule has 0 fully saturated rings. The maximum atomic E-state index is 11.7. The Morgan fingerprint density at radius 1 is 1.29 bits per heavy atom. The average Bonchev–Trinajstić information content (AvgIpc) is 2.48. The van der Waals surface area contributed by atoms with Crippen molar-refractivity contribution in [1.82, 2.24) is 9.97 Å². The topological polar surface area (TPSA) is 122 Å². The average molecular weight is 337 g/mol. The van der Waals surface area contributed by atoms with Crippen LogP contribution >= 0.6 is 0 Å². The molecular formula is C16H23N3O5. The van der Waals surface area contributed by atoms with Gasteiger partial charge in [-0.25, -0.2) is 9.97 Å². The van der Waals surface area contributed by atoms with Crippen LogP contribution in [0.15, 0.2) is 17.4 Å². The number of Topliss-reactive ketones (excluding diaryl/α,β-unsaturated/α-hetero) is 1. The molecule has 0 saturated heterocycles. The number of hydrogen-bond donors (Lipinski definition) is 2. The minimum atomic E-state index is -1.04. The highest BCUT2D eigenvalue weighted by molar-refractivity contribution is 5.99. The van der Waals surface area contributed by atoms with Gasteiger partial charge in [0.15, 0.2) is 5.78 Å². The minimum Gasteiger partial charge on any atom is -0.481 e. The summed E-state index contributed by atoms with van der Waals surface area (Å²) in [4.78, 5) is 34.3. The van der Waals surface area contributed by atoms with Gasteiger partial charge in [0.05, 0.1) is 18.8 Å². The van der Waals surface area contributed by atoms with Crippen LogP contribution < -0.4 is 4.74 Å². The van der Waals surface area contributed by atoms with Crippen LogP contribution in [-0.4, -0.2) is 56.4 Å². The van der Waals surface area contributed by atoms with E-state index in [-0.39, 0.29) is 37.8 Å². The number of aliphatic imine (C=N–C) groups is 1. The van der Waals surface area contributed by atoms with Crippen molar-refractivity contribution >= 4 is 17.5 Å². The van der Waals surface area contributed by atoms with Gasteiger partial charge >= 0.3 is 12.0 Å². The SMILES string of the molecule is CC(=NCC(=O)CC(C)(C)O)c1cnc(OCCCC(=O)O)nc1. The van der Waals surface area contributed by atoms with Crippen molar-refractivity contribution in [2.24, 2.45) is 4.99 Å². The number of carbonyl (C=O) groups excluding carboxylic acids is 1. The van der Waals surface area contributed by atoms with Gasteiger partial charge < -0.3 is 14.9 Å². The third kappa shape index (κ3) is 8.33. The van der Waals surface area contributed by atoms with E-state index in [2.05, 4.69) is 15.0 Å². The molecule has 0 unspecified atom stereocenters. The van der Waals surface area contributed by atoms with Crippen LogP contribution in [-0.2, 0) is 9.59 Å². The van der Waals surface area contributed by atoms with E-state index in [1.165, 1.54) is 12.4 Å². The Labute approximate surface area is 140 Å². The third-order valence-electron chi connectivity index (χ3n) is 2.93. The lowest BCUT2D eigenvalue weighted by atomic mass is 10.0.